The van der Waals surface area contributed by atoms with Crippen LogP contribution in [0.3, 0.4) is 0 Å². The number of nitrogens with two attached hydrogens (primary N) is 1. The number of esters is 1. The van der Waals surface area contributed by atoms with Crippen molar-refractivity contribution in [3.05, 3.63) is 85.1 Å². The van der Waals surface area contributed by atoms with E-state index in [1.54, 1.807) is 0 Å². The molecule has 4 N–H and O–H groups in total. The number of carboxylic acid groups (broad SMARTS) is 1. The highest BCUT2D eigenvalue weighted by Crippen LogP contribution is 2.19. The lowest BCUT2D eigenvalue weighted by Gasteiger charge is -2.18. The maximum absolute atomic E-state index is 12.9. The summed E-state index contributed by atoms with van der Waals surface area (Å²) < 4.78 is 6.06. The highest BCUT2D eigenvalue weighted by molar-refractivity contribution is 5.83. The Labute approximate surface area is 387 Å². The minimum Gasteiger partial charge on any atom is -0.480 e. The minimum absolute atomic E-state index is 0.0225. The summed E-state index contributed by atoms with van der Waals surface area (Å²) in [6, 6.07) is -0.865. The van der Waals surface area contributed by atoms with Gasteiger partial charge in [0.25, 0.3) is 0 Å². The van der Waals surface area contributed by atoms with Crippen molar-refractivity contribution in [1.29, 1.82) is 0 Å². The van der Waals surface area contributed by atoms with Gasteiger partial charge in [0.05, 0.1) is 0 Å². The molecule has 7 heteroatoms. The summed E-state index contributed by atoms with van der Waals surface area (Å²) in [7, 11) is 0. The van der Waals surface area contributed by atoms with Crippen molar-refractivity contribution in [2.75, 3.05) is 6.54 Å². The van der Waals surface area contributed by atoms with Gasteiger partial charge < -0.3 is 20.9 Å². The summed E-state index contributed by atoms with van der Waals surface area (Å²) in [5.74, 6) is -1.29. The van der Waals surface area contributed by atoms with Gasteiger partial charge in [0.2, 0.25) is 5.91 Å². The third kappa shape index (κ3) is 46.4. The highest BCUT2D eigenvalue weighted by atomic mass is 16.5. The number of amides is 1. The predicted molar refractivity (Wildman–Crippen MR) is 271 cm³/mol. The van der Waals surface area contributed by atoms with Crippen LogP contribution in [0.4, 0.5) is 0 Å². The van der Waals surface area contributed by atoms with Crippen molar-refractivity contribution < 1.29 is 24.2 Å². The van der Waals surface area contributed by atoms with E-state index in [0.717, 1.165) is 109 Å². The Bertz CT molecular complexity index is 1260. The van der Waals surface area contributed by atoms with Gasteiger partial charge >= 0.3 is 11.9 Å². The molecule has 1 amide bonds. The van der Waals surface area contributed by atoms with Crippen LogP contribution in [0, 0.1) is 0 Å². The summed E-state index contributed by atoms with van der Waals surface area (Å²) >= 11 is 0. The van der Waals surface area contributed by atoms with Crippen molar-refractivity contribution in [1.82, 2.24) is 5.32 Å². The number of rotatable bonds is 46. The number of nitrogens with one attached hydrogen (secondary N) is 1. The number of allylic oxidation sites excluding steroid dienone is 14. The molecule has 0 saturated heterocycles. The second-order valence-electron chi connectivity index (χ2n) is 17.2. The third-order valence-electron chi connectivity index (χ3n) is 11.2. The van der Waals surface area contributed by atoms with E-state index in [0.29, 0.717) is 32.2 Å². The predicted octanol–water partition coefficient (Wildman–Crippen LogP) is 15.6. The van der Waals surface area contributed by atoms with Gasteiger partial charge in [-0.25, -0.2) is 4.79 Å². The van der Waals surface area contributed by atoms with Crippen LogP contribution < -0.4 is 11.1 Å². The number of carbonyl (C=O) groups excluding carboxylic acids is 2. The molecule has 63 heavy (non-hydrogen) atoms. The fraction of sp³-hybridized carbons (Fsp3) is 0.696. The molecule has 360 valence electrons. The first-order valence-electron chi connectivity index (χ1n) is 25.9. The molecule has 7 nitrogen and oxygen atoms in total. The fourth-order valence-electron chi connectivity index (χ4n) is 7.38. The maximum Gasteiger partial charge on any atom is 0.326 e. The first kappa shape index (κ1) is 59.5. The summed E-state index contributed by atoms with van der Waals surface area (Å²) in [4.78, 5) is 36.6. The van der Waals surface area contributed by atoms with Crippen LogP contribution in [0.1, 0.15) is 232 Å². The van der Waals surface area contributed by atoms with Gasteiger partial charge in [-0.15, -0.1) is 0 Å². The molecule has 2 unspecified atom stereocenters. The second kappa shape index (κ2) is 49.6. The Morgan fingerprint density at radius 3 is 1.29 bits per heavy atom. The van der Waals surface area contributed by atoms with E-state index in [9.17, 15) is 19.5 Å². The van der Waals surface area contributed by atoms with E-state index < -0.39 is 12.0 Å². The Morgan fingerprint density at radius 1 is 0.476 bits per heavy atom. The molecule has 0 bridgehead atoms. The lowest BCUT2D eigenvalue weighted by molar-refractivity contribution is -0.150. The van der Waals surface area contributed by atoms with Crippen molar-refractivity contribution in [2.24, 2.45) is 5.73 Å². The molecule has 0 aliphatic carbocycles. The molecular weight excluding hydrogens is 781 g/mol. The van der Waals surface area contributed by atoms with Crippen LogP contribution in [0.25, 0.3) is 0 Å². The second-order valence-corrected chi connectivity index (χ2v) is 17.2. The quantitative estimate of drug-likeness (QED) is 0.0318. The Morgan fingerprint density at radius 2 is 0.873 bits per heavy atom. The van der Waals surface area contributed by atoms with Gasteiger partial charge in [0, 0.05) is 12.8 Å². The van der Waals surface area contributed by atoms with E-state index >= 15 is 0 Å². The molecule has 0 radical (unpaired) electrons. The molecule has 2 atom stereocenters. The fourth-order valence-corrected chi connectivity index (χ4v) is 7.38. The van der Waals surface area contributed by atoms with Crippen molar-refractivity contribution >= 4 is 17.8 Å². The maximum atomic E-state index is 12.9. The molecule has 0 aromatic rings. The topological polar surface area (TPSA) is 119 Å². The number of carboxylic acids is 1. The van der Waals surface area contributed by atoms with E-state index in [2.05, 4.69) is 104 Å². The standard InChI is InChI=1S/C56H96N2O5/c1-3-5-7-9-11-13-15-17-19-20-21-22-23-24-25-26-27-29-31-33-35-40-44-50-55(60)63-52(46-41-37-34-32-30-28-18-16-14-12-10-8-6-4-2)47-42-38-36-39-43-49-54(59)58-53(56(61)62)48-45-51-57/h5,7,11,13,17,19,21-22,24-25,27,29,33,35,52-53H,3-4,6,8-10,12,14-16,18,20,23,26,28,30-32,34,36-51,57H2,1-2H3,(H,58,59)(H,61,62)/b7-5-,13-11-,19-17-,22-21-,25-24-,29-27-,35-33-. The summed E-state index contributed by atoms with van der Waals surface area (Å²) in [6.07, 6.45) is 66.4. The lowest BCUT2D eigenvalue weighted by Crippen LogP contribution is -2.40. The van der Waals surface area contributed by atoms with Gasteiger partial charge in [-0.2, -0.15) is 0 Å². The Balaban J connectivity index is 4.40. The zero-order valence-electron chi connectivity index (χ0n) is 40.6. The molecular formula is C56H96N2O5. The summed E-state index contributed by atoms with van der Waals surface area (Å²) in [5.41, 5.74) is 5.50. The van der Waals surface area contributed by atoms with Crippen molar-refractivity contribution in [3.8, 4) is 0 Å². The zero-order valence-corrected chi connectivity index (χ0v) is 40.6. The summed E-state index contributed by atoms with van der Waals surface area (Å²) in [5, 5.41) is 12.0. The van der Waals surface area contributed by atoms with E-state index in [1.165, 1.54) is 83.5 Å². The molecule has 0 aromatic heterocycles. The van der Waals surface area contributed by atoms with Gasteiger partial charge in [-0.1, -0.05) is 202 Å². The SMILES string of the molecule is CC/C=C\C/C=C\C/C=C\C/C=C\C/C=C\C/C=C\C/C=C\CCCC(=O)OC(CCCCCCCCCCCCCCCC)CCCCCCCC(=O)NC(CCCN)C(=O)O. The van der Waals surface area contributed by atoms with Crippen LogP contribution in [0.15, 0.2) is 85.1 Å². The number of aliphatic carboxylic acids is 1. The molecule has 0 saturated carbocycles. The van der Waals surface area contributed by atoms with Crippen LogP contribution in [0.2, 0.25) is 0 Å². The Kier molecular flexibility index (Phi) is 46.8. The molecule has 0 aliphatic heterocycles. The largest absolute Gasteiger partial charge is 0.480 e. The van der Waals surface area contributed by atoms with Crippen molar-refractivity contribution in [3.63, 3.8) is 0 Å². The number of carbonyl (C=O) groups is 3. The number of hydrogen-bond donors (Lipinski definition) is 3. The normalized spacial score (nSPS) is 13.3. The molecule has 0 heterocycles. The van der Waals surface area contributed by atoms with Gasteiger partial charge in [0.1, 0.15) is 12.1 Å². The van der Waals surface area contributed by atoms with Gasteiger partial charge in [-0.05, 0) is 109 Å². The average molecular weight is 877 g/mol. The molecule has 0 aromatic carbocycles. The summed E-state index contributed by atoms with van der Waals surface area (Å²) in [6.45, 7) is 4.84. The third-order valence-corrected chi connectivity index (χ3v) is 11.2. The molecule has 0 fully saturated rings. The van der Waals surface area contributed by atoms with Crippen molar-refractivity contribution in [2.45, 2.75) is 244 Å². The van der Waals surface area contributed by atoms with Crippen LogP contribution in [0.5, 0.6) is 0 Å². The smallest absolute Gasteiger partial charge is 0.326 e. The van der Waals surface area contributed by atoms with Crippen LogP contribution >= 0.6 is 0 Å². The van der Waals surface area contributed by atoms with E-state index in [-0.39, 0.29) is 18.0 Å². The monoisotopic (exact) mass is 877 g/mol. The molecule has 0 rings (SSSR count). The average Bonchev–Trinajstić information content (AvgIpc) is 3.27. The molecule has 0 spiro atoms. The molecule has 0 aliphatic rings. The number of unbranched alkanes of at least 4 members (excludes halogenated alkanes) is 18. The lowest BCUT2D eigenvalue weighted by atomic mass is 10.0. The van der Waals surface area contributed by atoms with Crippen LogP contribution in [-0.2, 0) is 19.1 Å². The number of ether oxygens (including phenoxy) is 1. The van der Waals surface area contributed by atoms with E-state index in [4.69, 9.17) is 10.5 Å². The van der Waals surface area contributed by atoms with Gasteiger partial charge in [-0.3, -0.25) is 9.59 Å². The first-order valence-corrected chi connectivity index (χ1v) is 25.9. The van der Waals surface area contributed by atoms with Crippen LogP contribution in [-0.4, -0.2) is 41.6 Å². The number of hydrogen-bond acceptors (Lipinski definition) is 5. The highest BCUT2D eigenvalue weighted by Gasteiger charge is 2.19. The zero-order chi connectivity index (χ0) is 45.9. The van der Waals surface area contributed by atoms with Gasteiger partial charge in [0.15, 0.2) is 0 Å². The Hall–Kier alpha value is -3.45. The minimum atomic E-state index is -1.01. The first-order chi connectivity index (χ1) is 30.9. The van der Waals surface area contributed by atoms with E-state index in [1.807, 2.05) is 0 Å².